The second-order valence-corrected chi connectivity index (χ2v) is 4.43. The summed E-state index contributed by atoms with van der Waals surface area (Å²) in [5, 5.41) is 0.706. The highest BCUT2D eigenvalue weighted by atomic mass is 35.5. The van der Waals surface area contributed by atoms with E-state index in [1.165, 1.54) is 0 Å². The van der Waals surface area contributed by atoms with Gasteiger partial charge in [-0.1, -0.05) is 23.7 Å². The van der Waals surface area contributed by atoms with Crippen LogP contribution in [0.1, 0.15) is 22.9 Å². The number of nitrogens with zero attached hydrogens (tertiary/aromatic N) is 1. The Morgan fingerprint density at radius 2 is 2.06 bits per heavy atom. The minimum atomic E-state index is -0.347. The Bertz CT molecular complexity index is 557. The van der Waals surface area contributed by atoms with E-state index in [1.807, 2.05) is 37.3 Å². The first-order valence-electron chi connectivity index (χ1n) is 5.64. The van der Waals surface area contributed by atoms with Gasteiger partial charge in [-0.25, -0.2) is 0 Å². The van der Waals surface area contributed by atoms with Gasteiger partial charge in [0.05, 0.1) is 13.2 Å². The van der Waals surface area contributed by atoms with E-state index < -0.39 is 0 Å². The van der Waals surface area contributed by atoms with Crippen molar-refractivity contribution in [3.05, 3.63) is 58.4 Å². The fourth-order valence-corrected chi connectivity index (χ4v) is 2.10. The Morgan fingerprint density at radius 1 is 1.28 bits per heavy atom. The van der Waals surface area contributed by atoms with Crippen LogP contribution in [0.5, 0.6) is 5.75 Å². The predicted molar refractivity (Wildman–Crippen MR) is 73.0 cm³/mol. The summed E-state index contributed by atoms with van der Waals surface area (Å²) in [5.41, 5.74) is 8.90. The molecule has 1 atom stereocenters. The van der Waals surface area contributed by atoms with E-state index in [9.17, 15) is 0 Å². The Morgan fingerprint density at radius 3 is 2.78 bits per heavy atom. The highest BCUT2D eigenvalue weighted by molar-refractivity contribution is 6.31. The maximum atomic E-state index is 6.26. The van der Waals surface area contributed by atoms with E-state index in [-0.39, 0.29) is 6.04 Å². The SMILES string of the molecule is COc1cccnc1C(N)c1cccc(Cl)c1C. The van der Waals surface area contributed by atoms with Crippen molar-refractivity contribution >= 4 is 11.6 Å². The molecular formula is C14H15ClN2O. The van der Waals surface area contributed by atoms with Gasteiger partial charge in [-0.05, 0) is 36.2 Å². The number of hydrogen-bond donors (Lipinski definition) is 1. The van der Waals surface area contributed by atoms with E-state index in [1.54, 1.807) is 13.3 Å². The molecule has 2 rings (SSSR count). The van der Waals surface area contributed by atoms with Crippen molar-refractivity contribution in [3.8, 4) is 5.75 Å². The topological polar surface area (TPSA) is 48.1 Å². The number of aromatic nitrogens is 1. The largest absolute Gasteiger partial charge is 0.495 e. The van der Waals surface area contributed by atoms with Crippen LogP contribution in [0.2, 0.25) is 5.02 Å². The van der Waals surface area contributed by atoms with Crippen molar-refractivity contribution in [1.82, 2.24) is 4.98 Å². The van der Waals surface area contributed by atoms with Crippen LogP contribution in [0.25, 0.3) is 0 Å². The van der Waals surface area contributed by atoms with Gasteiger partial charge in [0.1, 0.15) is 11.4 Å². The van der Waals surface area contributed by atoms with E-state index in [2.05, 4.69) is 4.98 Å². The molecular weight excluding hydrogens is 248 g/mol. The van der Waals surface area contributed by atoms with Gasteiger partial charge in [0.15, 0.2) is 0 Å². The fraction of sp³-hybridized carbons (Fsp3) is 0.214. The smallest absolute Gasteiger partial charge is 0.142 e. The van der Waals surface area contributed by atoms with Crippen LogP contribution >= 0.6 is 11.6 Å². The molecule has 18 heavy (non-hydrogen) atoms. The fourth-order valence-electron chi connectivity index (χ4n) is 1.92. The first-order valence-corrected chi connectivity index (χ1v) is 6.02. The number of nitrogens with two attached hydrogens (primary N) is 1. The average Bonchev–Trinajstić information content (AvgIpc) is 2.41. The molecule has 0 aliphatic carbocycles. The van der Waals surface area contributed by atoms with Gasteiger partial charge < -0.3 is 10.5 Å². The van der Waals surface area contributed by atoms with Crippen molar-refractivity contribution < 1.29 is 4.74 Å². The van der Waals surface area contributed by atoms with Crippen LogP contribution in [0.4, 0.5) is 0 Å². The summed E-state index contributed by atoms with van der Waals surface area (Å²) in [5.74, 6) is 0.685. The van der Waals surface area contributed by atoms with Gasteiger partial charge in [-0.2, -0.15) is 0 Å². The van der Waals surface area contributed by atoms with E-state index in [0.717, 1.165) is 11.1 Å². The molecule has 0 saturated heterocycles. The minimum Gasteiger partial charge on any atom is -0.495 e. The third-order valence-corrected chi connectivity index (χ3v) is 3.37. The summed E-state index contributed by atoms with van der Waals surface area (Å²) in [6.45, 7) is 1.95. The van der Waals surface area contributed by atoms with Crippen LogP contribution in [-0.4, -0.2) is 12.1 Å². The van der Waals surface area contributed by atoms with E-state index >= 15 is 0 Å². The Labute approximate surface area is 112 Å². The molecule has 2 aromatic rings. The number of pyridine rings is 1. The maximum Gasteiger partial charge on any atom is 0.142 e. The summed E-state index contributed by atoms with van der Waals surface area (Å²) < 4.78 is 5.28. The van der Waals surface area contributed by atoms with Crippen LogP contribution < -0.4 is 10.5 Å². The highest BCUT2D eigenvalue weighted by Gasteiger charge is 2.17. The quantitative estimate of drug-likeness (QED) is 0.925. The standard InChI is InChI=1S/C14H15ClN2O/c1-9-10(5-3-6-11(9)15)13(16)14-12(18-2)7-4-8-17-14/h3-8,13H,16H2,1-2H3. The minimum absolute atomic E-state index is 0.347. The molecule has 0 fully saturated rings. The number of methoxy groups -OCH3 is 1. The van der Waals surface area contributed by atoms with Gasteiger partial charge >= 0.3 is 0 Å². The summed E-state index contributed by atoms with van der Waals surface area (Å²) in [4.78, 5) is 4.30. The number of hydrogen-bond acceptors (Lipinski definition) is 3. The summed E-state index contributed by atoms with van der Waals surface area (Å²) in [6, 6.07) is 9.02. The molecule has 3 nitrogen and oxygen atoms in total. The lowest BCUT2D eigenvalue weighted by Crippen LogP contribution is -2.16. The third kappa shape index (κ3) is 2.33. The molecule has 0 bridgehead atoms. The molecule has 0 radical (unpaired) electrons. The number of halogens is 1. The zero-order valence-electron chi connectivity index (χ0n) is 10.4. The van der Waals surface area contributed by atoms with Crippen LogP contribution in [0.15, 0.2) is 36.5 Å². The highest BCUT2D eigenvalue weighted by Crippen LogP contribution is 2.30. The van der Waals surface area contributed by atoms with Crippen molar-refractivity contribution in [1.29, 1.82) is 0 Å². The number of benzene rings is 1. The van der Waals surface area contributed by atoms with Gasteiger partial charge in [-0.3, -0.25) is 4.98 Å². The monoisotopic (exact) mass is 262 g/mol. The van der Waals surface area contributed by atoms with Crippen molar-refractivity contribution in [2.75, 3.05) is 7.11 Å². The second kappa shape index (κ2) is 5.38. The summed E-state index contributed by atoms with van der Waals surface area (Å²) >= 11 is 6.11. The summed E-state index contributed by atoms with van der Waals surface area (Å²) in [6.07, 6.45) is 1.71. The van der Waals surface area contributed by atoms with Crippen molar-refractivity contribution in [2.24, 2.45) is 5.73 Å². The molecule has 1 heterocycles. The third-order valence-electron chi connectivity index (χ3n) is 2.96. The second-order valence-electron chi connectivity index (χ2n) is 4.02. The van der Waals surface area contributed by atoms with Crippen LogP contribution in [-0.2, 0) is 0 Å². The molecule has 4 heteroatoms. The molecule has 1 unspecified atom stereocenters. The molecule has 1 aromatic heterocycles. The first-order chi connectivity index (χ1) is 8.65. The van der Waals surface area contributed by atoms with Crippen LogP contribution in [0.3, 0.4) is 0 Å². The summed E-state index contributed by atoms with van der Waals surface area (Å²) in [7, 11) is 1.61. The van der Waals surface area contributed by atoms with Gasteiger partial charge in [0, 0.05) is 11.2 Å². The van der Waals surface area contributed by atoms with Gasteiger partial charge in [-0.15, -0.1) is 0 Å². The van der Waals surface area contributed by atoms with Crippen LogP contribution in [0, 0.1) is 6.92 Å². The van der Waals surface area contributed by atoms with Crippen molar-refractivity contribution in [3.63, 3.8) is 0 Å². The molecule has 0 aliphatic heterocycles. The molecule has 0 amide bonds. The zero-order chi connectivity index (χ0) is 13.1. The average molecular weight is 263 g/mol. The van der Waals surface area contributed by atoms with Gasteiger partial charge in [0.25, 0.3) is 0 Å². The first kappa shape index (κ1) is 12.9. The molecule has 1 aromatic carbocycles. The lowest BCUT2D eigenvalue weighted by Gasteiger charge is -2.17. The lowest BCUT2D eigenvalue weighted by atomic mass is 9.98. The molecule has 0 saturated carbocycles. The number of rotatable bonds is 3. The Balaban J connectivity index is 2.48. The maximum absolute atomic E-state index is 6.26. The Hall–Kier alpha value is -1.58. The van der Waals surface area contributed by atoms with Gasteiger partial charge in [0.2, 0.25) is 0 Å². The molecule has 94 valence electrons. The molecule has 0 aliphatic rings. The molecule has 0 spiro atoms. The molecule has 2 N–H and O–H groups in total. The van der Waals surface area contributed by atoms with Crippen molar-refractivity contribution in [2.45, 2.75) is 13.0 Å². The van der Waals surface area contributed by atoms with E-state index in [0.29, 0.717) is 16.5 Å². The normalized spacial score (nSPS) is 12.2. The Kier molecular flexibility index (Phi) is 3.84. The zero-order valence-corrected chi connectivity index (χ0v) is 11.1. The number of ether oxygens (including phenoxy) is 1. The lowest BCUT2D eigenvalue weighted by molar-refractivity contribution is 0.404. The predicted octanol–water partition coefficient (Wildman–Crippen LogP) is 3.10. The van der Waals surface area contributed by atoms with E-state index in [4.69, 9.17) is 22.1 Å².